The van der Waals surface area contributed by atoms with Crippen LogP contribution in [0.1, 0.15) is 111 Å². The van der Waals surface area contributed by atoms with Crippen LogP contribution in [-0.2, 0) is 45.0 Å². The Hall–Kier alpha value is -5.27. The van der Waals surface area contributed by atoms with Crippen LogP contribution in [-0.4, -0.2) is 115 Å². The fourth-order valence-corrected chi connectivity index (χ4v) is 11.3. The largest absolute Gasteiger partial charge is 0.325 e. The van der Waals surface area contributed by atoms with Gasteiger partial charge in [0.2, 0.25) is 29.7 Å². The molecule has 26 heteroatoms. The standard InChI is InChI=1S/C20H24F3N5O4S.C12H17ClF3N3O2S.C10H11NO2/c1-12(29)15-10-14(4-7-24-15)25-19(30)28-8-5-13(6-9-28)20(2,23)33(31,32)16-11-27(3)26-17(16)18(21)22;1-12(16,8-3-5-19(13)6-4-8)22(20,21)9-7-18(2)17-10(9)11(14)15;1-7(12)5-9-3-4-11-10(6-9)8(2)13/h4,7,10-11,13,18H,5-6,8-9H2,1-3H3,(H,24,25,30);7-8,11H,3-6H2,1-2H3;3-4,6H,5H2,1-2H3/t20-;12-;/m00./s1. The number of pyridine rings is 2. The zero-order valence-electron chi connectivity index (χ0n) is 38.1. The number of nitrogens with zero attached hydrogens (tertiary/aromatic N) is 8. The molecular formula is C42H52ClF6N9O8S2. The number of carbonyl (C=O) groups excluding carboxylic acids is 4. The third kappa shape index (κ3) is 13.1. The Morgan fingerprint density at radius 3 is 1.54 bits per heavy atom. The van der Waals surface area contributed by atoms with Crippen LogP contribution in [0.4, 0.5) is 36.8 Å². The van der Waals surface area contributed by atoms with Crippen molar-refractivity contribution in [3.63, 3.8) is 0 Å². The summed E-state index contributed by atoms with van der Waals surface area (Å²) in [4.78, 5) is 53.3. The number of aryl methyl sites for hydroxylation is 2. The van der Waals surface area contributed by atoms with E-state index in [1.807, 2.05) is 0 Å². The van der Waals surface area contributed by atoms with Crippen LogP contribution in [0.2, 0.25) is 0 Å². The molecule has 0 aliphatic carbocycles. The number of carbonyl (C=O) groups is 4. The Bertz CT molecular complexity index is 2690. The highest BCUT2D eigenvalue weighted by atomic mass is 35.5. The zero-order valence-corrected chi connectivity index (χ0v) is 40.5. The van der Waals surface area contributed by atoms with Crippen molar-refractivity contribution in [2.75, 3.05) is 31.5 Å². The summed E-state index contributed by atoms with van der Waals surface area (Å²) in [6.45, 7) is 6.93. The number of likely N-dealkylation sites (tertiary alicyclic amines) is 1. The van der Waals surface area contributed by atoms with Gasteiger partial charge < -0.3 is 10.2 Å². The van der Waals surface area contributed by atoms with Gasteiger partial charge in [-0.15, -0.1) is 0 Å². The fraction of sp³-hybridized carbons (Fsp3) is 0.524. The maximum absolute atomic E-state index is 15.7. The van der Waals surface area contributed by atoms with E-state index in [0.29, 0.717) is 30.9 Å². The van der Waals surface area contributed by atoms with Crippen molar-refractivity contribution in [2.45, 2.75) is 99.4 Å². The Labute approximate surface area is 394 Å². The first-order valence-electron chi connectivity index (χ1n) is 20.9. The zero-order chi connectivity index (χ0) is 51.1. The lowest BCUT2D eigenvalue weighted by Crippen LogP contribution is -2.48. The van der Waals surface area contributed by atoms with Crippen molar-refractivity contribution in [3.05, 3.63) is 77.4 Å². The molecule has 2 aliphatic rings. The molecule has 0 spiro atoms. The normalized spacial score (nSPS) is 17.0. The Kier molecular flexibility index (Phi) is 18.3. The lowest BCUT2D eigenvalue weighted by molar-refractivity contribution is -0.116. The highest BCUT2D eigenvalue weighted by molar-refractivity contribution is 7.93. The van der Waals surface area contributed by atoms with E-state index in [1.165, 1.54) is 62.5 Å². The van der Waals surface area contributed by atoms with Crippen LogP contribution in [0.3, 0.4) is 0 Å². The van der Waals surface area contributed by atoms with Crippen LogP contribution in [0.5, 0.6) is 0 Å². The van der Waals surface area contributed by atoms with E-state index in [9.17, 15) is 53.6 Å². The van der Waals surface area contributed by atoms with Gasteiger partial charge in [-0.2, -0.15) is 10.2 Å². The van der Waals surface area contributed by atoms with Crippen LogP contribution in [0.25, 0.3) is 0 Å². The summed E-state index contributed by atoms with van der Waals surface area (Å²) >= 11 is 5.78. The molecule has 2 atom stereocenters. The van der Waals surface area contributed by atoms with Crippen molar-refractivity contribution >= 4 is 60.5 Å². The summed E-state index contributed by atoms with van der Waals surface area (Å²) < 4.78 is 138. The summed E-state index contributed by atoms with van der Waals surface area (Å²) in [7, 11) is -6.79. The van der Waals surface area contributed by atoms with E-state index >= 15 is 8.78 Å². The number of aromatic nitrogens is 6. The van der Waals surface area contributed by atoms with Crippen molar-refractivity contribution in [3.8, 4) is 0 Å². The average molecular weight is 1020 g/mol. The number of nitrogens with one attached hydrogen (secondary N) is 1. The molecule has 0 unspecified atom stereocenters. The first-order valence-corrected chi connectivity index (χ1v) is 24.2. The third-order valence-corrected chi connectivity index (χ3v) is 16.3. The van der Waals surface area contributed by atoms with Gasteiger partial charge in [-0.25, -0.2) is 52.4 Å². The molecule has 374 valence electrons. The van der Waals surface area contributed by atoms with E-state index in [4.69, 9.17) is 11.8 Å². The molecule has 2 aliphatic heterocycles. The van der Waals surface area contributed by atoms with Crippen LogP contribution in [0.15, 0.2) is 58.8 Å². The second-order valence-corrected chi connectivity index (χ2v) is 21.5. The molecule has 68 heavy (non-hydrogen) atoms. The van der Waals surface area contributed by atoms with E-state index in [1.54, 1.807) is 18.3 Å². The number of Topliss-reactive ketones (excluding diaryl/α,β-unsaturated/α-hetero) is 3. The van der Waals surface area contributed by atoms with Crippen LogP contribution < -0.4 is 5.32 Å². The van der Waals surface area contributed by atoms with Gasteiger partial charge in [0.1, 0.15) is 38.3 Å². The minimum absolute atomic E-state index is 0.0129. The van der Waals surface area contributed by atoms with Gasteiger partial charge in [0.25, 0.3) is 12.9 Å². The van der Waals surface area contributed by atoms with Crippen molar-refractivity contribution in [1.82, 2.24) is 38.8 Å². The maximum Gasteiger partial charge on any atom is 0.321 e. The smallest absolute Gasteiger partial charge is 0.321 e. The van der Waals surface area contributed by atoms with Gasteiger partial charge in [-0.3, -0.25) is 33.7 Å². The number of halogens is 7. The van der Waals surface area contributed by atoms with Gasteiger partial charge in [0, 0.05) is 103 Å². The van der Waals surface area contributed by atoms with Crippen molar-refractivity contribution < 1.29 is 62.4 Å². The molecule has 6 heterocycles. The molecule has 17 nitrogen and oxygen atoms in total. The predicted octanol–water partition coefficient (Wildman–Crippen LogP) is 7.46. The first-order chi connectivity index (χ1) is 31.5. The number of hydrogen-bond donors (Lipinski definition) is 1. The lowest BCUT2D eigenvalue weighted by Gasteiger charge is -2.37. The lowest BCUT2D eigenvalue weighted by atomic mass is 9.92. The Morgan fingerprint density at radius 2 is 1.13 bits per heavy atom. The monoisotopic (exact) mass is 1020 g/mol. The summed E-state index contributed by atoms with van der Waals surface area (Å²) in [5, 5.41) is 4.04. The summed E-state index contributed by atoms with van der Waals surface area (Å²) in [5.74, 6) is -2.08. The summed E-state index contributed by atoms with van der Waals surface area (Å²) in [6.07, 6.45) is -0.674. The maximum atomic E-state index is 15.7. The predicted molar refractivity (Wildman–Crippen MR) is 236 cm³/mol. The number of piperidine rings is 2. The Morgan fingerprint density at radius 1 is 0.721 bits per heavy atom. The number of ketones is 3. The highest BCUT2D eigenvalue weighted by Gasteiger charge is 2.52. The van der Waals surface area contributed by atoms with E-state index in [-0.39, 0.29) is 61.8 Å². The molecule has 2 amide bonds. The van der Waals surface area contributed by atoms with Crippen molar-refractivity contribution in [2.24, 2.45) is 25.9 Å². The number of hydrogen-bond acceptors (Lipinski definition) is 13. The number of anilines is 1. The van der Waals surface area contributed by atoms with E-state index in [0.717, 1.165) is 41.2 Å². The van der Waals surface area contributed by atoms with Crippen LogP contribution >= 0.6 is 11.8 Å². The molecular weight excluding hydrogens is 972 g/mol. The van der Waals surface area contributed by atoms with E-state index in [2.05, 4.69) is 25.5 Å². The van der Waals surface area contributed by atoms with Crippen LogP contribution in [0, 0.1) is 11.8 Å². The van der Waals surface area contributed by atoms with Crippen molar-refractivity contribution in [1.29, 1.82) is 0 Å². The third-order valence-electron chi connectivity index (χ3n) is 11.4. The fourth-order valence-electron chi connectivity index (χ4n) is 7.48. The Balaban J connectivity index is 0.000000247. The van der Waals surface area contributed by atoms with E-state index < -0.39 is 81.6 Å². The minimum atomic E-state index is -4.78. The quantitative estimate of drug-likeness (QED) is 0.0783. The van der Waals surface area contributed by atoms with Gasteiger partial charge >= 0.3 is 6.03 Å². The van der Waals surface area contributed by atoms with Gasteiger partial charge in [-0.05, 0) is 88.1 Å². The highest BCUT2D eigenvalue weighted by Crippen LogP contribution is 2.43. The molecule has 0 saturated carbocycles. The number of sulfone groups is 2. The summed E-state index contributed by atoms with van der Waals surface area (Å²) in [5.41, 5.74) is -0.104. The number of urea groups is 1. The van der Waals surface area contributed by atoms with Gasteiger partial charge in [0.15, 0.2) is 11.6 Å². The van der Waals surface area contributed by atoms with Gasteiger partial charge in [-0.1, -0.05) is 0 Å². The van der Waals surface area contributed by atoms with Gasteiger partial charge in [0.05, 0.1) is 0 Å². The molecule has 2 saturated heterocycles. The number of amides is 2. The number of alkyl halides is 6. The second kappa shape index (κ2) is 22.4. The molecule has 0 radical (unpaired) electrons. The molecule has 2 fully saturated rings. The topological polar surface area (TPSA) is 216 Å². The second-order valence-electron chi connectivity index (χ2n) is 16.5. The molecule has 0 bridgehead atoms. The average Bonchev–Trinajstić information content (AvgIpc) is 3.88. The number of rotatable bonds is 13. The molecule has 0 aromatic carbocycles. The molecule has 1 N–H and O–H groups in total. The first kappa shape index (κ1) is 55.3. The molecule has 4 aromatic rings. The minimum Gasteiger partial charge on any atom is -0.325 e. The molecule has 4 aromatic heterocycles. The summed E-state index contributed by atoms with van der Waals surface area (Å²) in [6, 6.07) is 5.84. The SMILES string of the molecule is CC(=O)Cc1ccnc(C(C)=O)c1.CC(=O)c1cc(NC(=O)N2CCC([C@@](C)(F)S(=O)(=O)c3cn(C)nc3C(F)F)CC2)ccn1.Cn1cc(S(=O)(=O)[C@](C)(F)C2CCN(Cl)CC2)c(C(F)F)n1. The molecule has 6 rings (SSSR count).